The minimum atomic E-state index is 0.147. The Morgan fingerprint density at radius 2 is 2.38 bits per heavy atom. The van der Waals surface area contributed by atoms with Gasteiger partial charge >= 0.3 is 0 Å². The molecular weight excluding hydrogens is 204 g/mol. The quantitative estimate of drug-likeness (QED) is 0.839. The second-order valence-electron chi connectivity index (χ2n) is 3.77. The van der Waals surface area contributed by atoms with Crippen molar-refractivity contribution in [3.05, 3.63) is 30.4 Å². The molecule has 0 saturated heterocycles. The van der Waals surface area contributed by atoms with E-state index < -0.39 is 0 Å². The number of hydrogen-bond acceptors (Lipinski definition) is 5. The molecule has 1 atom stereocenters. The van der Waals surface area contributed by atoms with Crippen LogP contribution in [0.15, 0.2) is 29.0 Å². The van der Waals surface area contributed by atoms with E-state index in [0.29, 0.717) is 18.1 Å². The molecule has 0 aliphatic carbocycles. The van der Waals surface area contributed by atoms with E-state index in [4.69, 9.17) is 10.3 Å². The molecule has 0 aromatic carbocycles. The van der Waals surface area contributed by atoms with Crippen LogP contribution in [-0.4, -0.2) is 21.2 Å². The van der Waals surface area contributed by atoms with E-state index in [2.05, 4.69) is 15.1 Å². The van der Waals surface area contributed by atoms with Gasteiger partial charge in [0.2, 0.25) is 11.7 Å². The number of pyridine rings is 1. The van der Waals surface area contributed by atoms with Gasteiger partial charge in [-0.05, 0) is 25.5 Å². The number of nitrogens with two attached hydrogens (primary N) is 1. The van der Waals surface area contributed by atoms with E-state index in [9.17, 15) is 0 Å². The maximum atomic E-state index is 5.66. The average Bonchev–Trinajstić information content (AvgIpc) is 2.76. The van der Waals surface area contributed by atoms with E-state index in [-0.39, 0.29) is 6.04 Å². The summed E-state index contributed by atoms with van der Waals surface area (Å²) in [6.07, 6.45) is 4.97. The van der Waals surface area contributed by atoms with Gasteiger partial charge in [0.1, 0.15) is 0 Å². The highest BCUT2D eigenvalue weighted by atomic mass is 16.5. The van der Waals surface area contributed by atoms with Crippen LogP contribution in [0.2, 0.25) is 0 Å². The molecule has 0 spiro atoms. The van der Waals surface area contributed by atoms with Gasteiger partial charge in [-0.1, -0.05) is 5.16 Å². The molecular formula is C11H14N4O. The predicted molar refractivity (Wildman–Crippen MR) is 59.5 cm³/mol. The van der Waals surface area contributed by atoms with Crippen LogP contribution in [0.25, 0.3) is 11.4 Å². The highest BCUT2D eigenvalue weighted by Gasteiger charge is 2.08. The first-order valence-corrected chi connectivity index (χ1v) is 5.24. The lowest BCUT2D eigenvalue weighted by atomic mass is 10.2. The number of rotatable bonds is 4. The monoisotopic (exact) mass is 218 g/mol. The van der Waals surface area contributed by atoms with Crippen molar-refractivity contribution in [2.75, 3.05) is 0 Å². The van der Waals surface area contributed by atoms with Crippen LogP contribution >= 0.6 is 0 Å². The summed E-state index contributed by atoms with van der Waals surface area (Å²) in [5, 5.41) is 3.90. The summed E-state index contributed by atoms with van der Waals surface area (Å²) in [5.74, 6) is 1.20. The topological polar surface area (TPSA) is 77.8 Å². The zero-order valence-electron chi connectivity index (χ0n) is 9.13. The van der Waals surface area contributed by atoms with Gasteiger partial charge in [0.05, 0.1) is 0 Å². The summed E-state index contributed by atoms with van der Waals surface area (Å²) >= 11 is 0. The molecule has 5 heteroatoms. The third kappa shape index (κ3) is 2.64. The maximum absolute atomic E-state index is 5.66. The summed E-state index contributed by atoms with van der Waals surface area (Å²) in [6, 6.07) is 3.88. The SMILES string of the molecule is CC(N)CCc1nc(-c2cccnc2)no1. The smallest absolute Gasteiger partial charge is 0.227 e. The number of aromatic nitrogens is 3. The number of aryl methyl sites for hydroxylation is 1. The lowest BCUT2D eigenvalue weighted by Gasteiger charge is -1.99. The molecule has 2 aromatic rings. The van der Waals surface area contributed by atoms with E-state index >= 15 is 0 Å². The Morgan fingerprint density at radius 1 is 1.50 bits per heavy atom. The molecule has 0 aliphatic rings. The lowest BCUT2D eigenvalue weighted by Crippen LogP contribution is -2.15. The van der Waals surface area contributed by atoms with E-state index in [1.54, 1.807) is 12.4 Å². The first-order valence-electron chi connectivity index (χ1n) is 5.24. The molecule has 0 fully saturated rings. The van der Waals surface area contributed by atoms with Crippen LogP contribution < -0.4 is 5.73 Å². The number of nitrogens with zero attached hydrogens (tertiary/aromatic N) is 3. The van der Waals surface area contributed by atoms with Crippen LogP contribution in [0.4, 0.5) is 0 Å². The van der Waals surface area contributed by atoms with Crippen molar-refractivity contribution in [1.29, 1.82) is 0 Å². The molecule has 0 bridgehead atoms. The second kappa shape index (κ2) is 4.85. The van der Waals surface area contributed by atoms with Crippen molar-refractivity contribution in [1.82, 2.24) is 15.1 Å². The van der Waals surface area contributed by atoms with Crippen molar-refractivity contribution >= 4 is 0 Å². The Hall–Kier alpha value is -1.75. The van der Waals surface area contributed by atoms with Crippen LogP contribution in [0, 0.1) is 0 Å². The minimum absolute atomic E-state index is 0.147. The Bertz CT molecular complexity index is 438. The van der Waals surface area contributed by atoms with Crippen molar-refractivity contribution in [3.63, 3.8) is 0 Å². The molecule has 1 unspecified atom stereocenters. The molecule has 0 saturated carbocycles. The zero-order valence-corrected chi connectivity index (χ0v) is 9.13. The van der Waals surface area contributed by atoms with E-state index in [0.717, 1.165) is 12.0 Å². The molecule has 5 nitrogen and oxygen atoms in total. The molecule has 84 valence electrons. The standard InChI is InChI=1S/C11H14N4O/c1-8(12)4-5-10-14-11(15-16-10)9-3-2-6-13-7-9/h2-3,6-8H,4-5,12H2,1H3. The molecule has 0 radical (unpaired) electrons. The molecule has 16 heavy (non-hydrogen) atoms. The summed E-state index contributed by atoms with van der Waals surface area (Å²) < 4.78 is 5.13. The Balaban J connectivity index is 2.08. The third-order valence-corrected chi connectivity index (χ3v) is 2.20. The summed E-state index contributed by atoms with van der Waals surface area (Å²) in [5.41, 5.74) is 6.52. The molecule has 0 amide bonds. The van der Waals surface area contributed by atoms with Crippen LogP contribution in [-0.2, 0) is 6.42 Å². The van der Waals surface area contributed by atoms with Crippen molar-refractivity contribution in [3.8, 4) is 11.4 Å². The lowest BCUT2D eigenvalue weighted by molar-refractivity contribution is 0.372. The van der Waals surface area contributed by atoms with Gasteiger partial charge in [-0.3, -0.25) is 4.98 Å². The van der Waals surface area contributed by atoms with Crippen molar-refractivity contribution in [2.45, 2.75) is 25.8 Å². The molecule has 2 rings (SSSR count). The van der Waals surface area contributed by atoms with Gasteiger partial charge in [-0.15, -0.1) is 0 Å². The Labute approximate surface area is 93.7 Å². The second-order valence-corrected chi connectivity index (χ2v) is 3.77. The molecule has 2 heterocycles. The summed E-state index contributed by atoms with van der Waals surface area (Å²) in [6.45, 7) is 1.96. The third-order valence-electron chi connectivity index (χ3n) is 2.20. The Morgan fingerprint density at radius 3 is 3.06 bits per heavy atom. The first-order chi connectivity index (χ1) is 7.75. The van der Waals surface area contributed by atoms with E-state index in [1.807, 2.05) is 19.1 Å². The summed E-state index contributed by atoms with van der Waals surface area (Å²) in [7, 11) is 0. The predicted octanol–water partition coefficient (Wildman–Crippen LogP) is 1.41. The Kier molecular flexibility index (Phi) is 3.26. The largest absolute Gasteiger partial charge is 0.339 e. The minimum Gasteiger partial charge on any atom is -0.339 e. The van der Waals surface area contributed by atoms with Gasteiger partial charge in [0.25, 0.3) is 0 Å². The van der Waals surface area contributed by atoms with Crippen LogP contribution in [0.1, 0.15) is 19.2 Å². The van der Waals surface area contributed by atoms with Gasteiger partial charge in [0.15, 0.2) is 0 Å². The van der Waals surface area contributed by atoms with Crippen molar-refractivity contribution < 1.29 is 4.52 Å². The fourth-order valence-electron chi connectivity index (χ4n) is 1.32. The highest BCUT2D eigenvalue weighted by Crippen LogP contribution is 2.14. The average molecular weight is 218 g/mol. The van der Waals surface area contributed by atoms with E-state index in [1.165, 1.54) is 0 Å². The van der Waals surface area contributed by atoms with Crippen molar-refractivity contribution in [2.24, 2.45) is 5.73 Å². The fraction of sp³-hybridized carbons (Fsp3) is 0.364. The van der Waals surface area contributed by atoms with Gasteiger partial charge in [0, 0.05) is 30.4 Å². The van der Waals surface area contributed by atoms with Gasteiger partial charge in [-0.25, -0.2) is 0 Å². The van der Waals surface area contributed by atoms with Crippen LogP contribution in [0.3, 0.4) is 0 Å². The first kappa shape index (κ1) is 10.8. The van der Waals surface area contributed by atoms with Crippen LogP contribution in [0.5, 0.6) is 0 Å². The fourth-order valence-corrected chi connectivity index (χ4v) is 1.32. The zero-order chi connectivity index (χ0) is 11.4. The summed E-state index contributed by atoms with van der Waals surface area (Å²) in [4.78, 5) is 8.28. The van der Waals surface area contributed by atoms with Gasteiger partial charge < -0.3 is 10.3 Å². The molecule has 2 N–H and O–H groups in total. The number of hydrogen-bond donors (Lipinski definition) is 1. The molecule has 0 aliphatic heterocycles. The highest BCUT2D eigenvalue weighted by molar-refractivity contribution is 5.51. The normalized spacial score (nSPS) is 12.6. The molecule has 2 aromatic heterocycles. The van der Waals surface area contributed by atoms with Gasteiger partial charge in [-0.2, -0.15) is 4.98 Å². The maximum Gasteiger partial charge on any atom is 0.227 e.